The molecule has 1 aromatic heterocycles. The maximum absolute atomic E-state index is 12.1. The number of carbonyl (C=O) groups excluding carboxylic acids is 3. The van der Waals surface area contributed by atoms with E-state index in [4.69, 9.17) is 4.74 Å². The molecule has 104 valence electrons. The van der Waals surface area contributed by atoms with Crippen LogP contribution < -0.4 is 0 Å². The van der Waals surface area contributed by atoms with Gasteiger partial charge in [0.1, 0.15) is 6.54 Å². The van der Waals surface area contributed by atoms with Crippen molar-refractivity contribution in [1.82, 2.24) is 9.88 Å². The fraction of sp³-hybridized carbons (Fsp3) is 0.286. The van der Waals surface area contributed by atoms with E-state index in [9.17, 15) is 14.4 Å². The van der Waals surface area contributed by atoms with Crippen LogP contribution in [0.1, 0.15) is 18.9 Å². The summed E-state index contributed by atoms with van der Waals surface area (Å²) < 4.78 is 4.74. The normalized spacial score (nSPS) is 16.9. The zero-order chi connectivity index (χ0) is 14.5. The minimum atomic E-state index is -0.584. The number of hydrogen-bond acceptors (Lipinski definition) is 5. The number of nitrogens with zero attached hydrogens (tertiary/aromatic N) is 2. The Morgan fingerprint density at radius 2 is 2.10 bits per heavy atom. The molecule has 0 N–H and O–H groups in total. The summed E-state index contributed by atoms with van der Waals surface area (Å²) in [7, 11) is 0. The topological polar surface area (TPSA) is 76.6 Å². The maximum Gasteiger partial charge on any atom is 0.326 e. The molecule has 6 nitrogen and oxygen atoms in total. The lowest BCUT2D eigenvalue weighted by molar-refractivity contribution is -0.151. The van der Waals surface area contributed by atoms with E-state index in [0.29, 0.717) is 5.57 Å². The number of rotatable bonds is 4. The zero-order valence-corrected chi connectivity index (χ0v) is 11.0. The lowest BCUT2D eigenvalue weighted by Gasteiger charge is -2.11. The molecule has 6 heteroatoms. The number of pyridine rings is 1. The van der Waals surface area contributed by atoms with Crippen LogP contribution in [0.25, 0.3) is 6.08 Å². The number of likely N-dealkylation sites (tertiary alicyclic amines) is 1. The van der Waals surface area contributed by atoms with Crippen molar-refractivity contribution in [2.45, 2.75) is 13.3 Å². The van der Waals surface area contributed by atoms with Gasteiger partial charge in [-0.3, -0.25) is 24.3 Å². The second-order valence-corrected chi connectivity index (χ2v) is 4.22. The summed E-state index contributed by atoms with van der Waals surface area (Å²) in [4.78, 5) is 40.0. The van der Waals surface area contributed by atoms with E-state index in [1.807, 2.05) is 0 Å². The summed E-state index contributed by atoms with van der Waals surface area (Å²) in [5.74, 6) is -1.41. The van der Waals surface area contributed by atoms with Gasteiger partial charge in [-0.05, 0) is 30.7 Å². The number of carbonyl (C=O) groups is 3. The summed E-state index contributed by atoms with van der Waals surface area (Å²) >= 11 is 0. The zero-order valence-electron chi connectivity index (χ0n) is 11.0. The molecule has 2 heterocycles. The highest BCUT2D eigenvalue weighted by Crippen LogP contribution is 2.21. The van der Waals surface area contributed by atoms with Gasteiger partial charge in [-0.25, -0.2) is 0 Å². The predicted octanol–water partition coefficient (Wildman–Crippen LogP) is 0.787. The smallest absolute Gasteiger partial charge is 0.326 e. The first-order chi connectivity index (χ1) is 9.61. The summed E-state index contributed by atoms with van der Waals surface area (Å²) in [6, 6.07) is 3.47. The van der Waals surface area contributed by atoms with Gasteiger partial charge >= 0.3 is 5.97 Å². The quantitative estimate of drug-likeness (QED) is 0.461. The first-order valence-corrected chi connectivity index (χ1v) is 6.22. The molecule has 0 unspecified atom stereocenters. The molecule has 2 amide bonds. The average molecular weight is 274 g/mol. The van der Waals surface area contributed by atoms with Gasteiger partial charge in [0.15, 0.2) is 0 Å². The van der Waals surface area contributed by atoms with Crippen LogP contribution in [-0.4, -0.2) is 40.8 Å². The molecule has 0 aromatic carbocycles. The fourth-order valence-corrected chi connectivity index (χ4v) is 1.89. The van der Waals surface area contributed by atoms with Crippen LogP contribution in [0.15, 0.2) is 30.1 Å². The number of ether oxygens (including phenoxy) is 1. The third-order valence-electron chi connectivity index (χ3n) is 2.80. The second-order valence-electron chi connectivity index (χ2n) is 4.22. The van der Waals surface area contributed by atoms with Gasteiger partial charge in [-0.2, -0.15) is 0 Å². The van der Waals surface area contributed by atoms with Gasteiger partial charge in [-0.15, -0.1) is 0 Å². The highest BCUT2D eigenvalue weighted by Gasteiger charge is 2.35. The molecular formula is C14H14N2O4. The first-order valence-electron chi connectivity index (χ1n) is 6.22. The molecule has 2 rings (SSSR count). The van der Waals surface area contributed by atoms with Gasteiger partial charge in [0.25, 0.3) is 5.91 Å². The SMILES string of the molecule is CCOC(=O)CN1C(=O)C/C(=C\c2ccncc2)C1=O. The Bertz CT molecular complexity index is 566. The average Bonchev–Trinajstić information content (AvgIpc) is 2.68. The lowest BCUT2D eigenvalue weighted by Crippen LogP contribution is -2.35. The molecule has 0 spiro atoms. The summed E-state index contributed by atoms with van der Waals surface area (Å²) in [6.07, 6.45) is 4.83. The van der Waals surface area contributed by atoms with Crippen LogP contribution in [0.4, 0.5) is 0 Å². The Morgan fingerprint density at radius 1 is 1.40 bits per heavy atom. The molecule has 0 aliphatic carbocycles. The van der Waals surface area contributed by atoms with Crippen molar-refractivity contribution in [3.05, 3.63) is 35.7 Å². The van der Waals surface area contributed by atoms with Crippen molar-refractivity contribution in [3.63, 3.8) is 0 Å². The molecule has 1 fully saturated rings. The fourth-order valence-electron chi connectivity index (χ4n) is 1.89. The Morgan fingerprint density at radius 3 is 2.75 bits per heavy atom. The van der Waals surface area contributed by atoms with Crippen molar-refractivity contribution in [2.75, 3.05) is 13.2 Å². The molecular weight excluding hydrogens is 260 g/mol. The number of amides is 2. The van der Waals surface area contributed by atoms with E-state index < -0.39 is 11.9 Å². The largest absolute Gasteiger partial charge is 0.465 e. The molecule has 1 aliphatic rings. The highest BCUT2D eigenvalue weighted by atomic mass is 16.5. The van der Waals surface area contributed by atoms with Crippen LogP contribution >= 0.6 is 0 Å². The van der Waals surface area contributed by atoms with Crippen molar-refractivity contribution in [3.8, 4) is 0 Å². The van der Waals surface area contributed by atoms with Gasteiger partial charge in [0, 0.05) is 18.0 Å². The van der Waals surface area contributed by atoms with Crippen LogP contribution in [0.5, 0.6) is 0 Å². The van der Waals surface area contributed by atoms with Crippen LogP contribution in [0.3, 0.4) is 0 Å². The van der Waals surface area contributed by atoms with Crippen LogP contribution in [0, 0.1) is 0 Å². The van der Waals surface area contributed by atoms with Crippen molar-refractivity contribution >= 4 is 23.9 Å². The third-order valence-corrected chi connectivity index (χ3v) is 2.80. The van der Waals surface area contributed by atoms with Crippen molar-refractivity contribution in [2.24, 2.45) is 0 Å². The maximum atomic E-state index is 12.1. The number of aromatic nitrogens is 1. The van der Waals surface area contributed by atoms with E-state index in [-0.39, 0.29) is 25.5 Å². The Labute approximate surface area is 116 Å². The van der Waals surface area contributed by atoms with Crippen LogP contribution in [-0.2, 0) is 19.1 Å². The monoisotopic (exact) mass is 274 g/mol. The van der Waals surface area contributed by atoms with Gasteiger partial charge in [-0.1, -0.05) is 0 Å². The predicted molar refractivity (Wildman–Crippen MR) is 70.2 cm³/mol. The number of imide groups is 1. The number of esters is 1. The van der Waals surface area contributed by atoms with Gasteiger partial charge in [0.05, 0.1) is 13.0 Å². The van der Waals surface area contributed by atoms with E-state index >= 15 is 0 Å². The van der Waals surface area contributed by atoms with Crippen molar-refractivity contribution < 1.29 is 19.1 Å². The van der Waals surface area contributed by atoms with Crippen molar-refractivity contribution in [1.29, 1.82) is 0 Å². The van der Waals surface area contributed by atoms with Gasteiger partial charge < -0.3 is 4.74 Å². The van der Waals surface area contributed by atoms with E-state index in [2.05, 4.69) is 4.98 Å². The second kappa shape index (κ2) is 6.10. The van der Waals surface area contributed by atoms with Crippen LogP contribution in [0.2, 0.25) is 0 Å². The molecule has 1 aromatic rings. The molecule has 0 saturated carbocycles. The van der Waals surface area contributed by atoms with E-state index in [1.165, 1.54) is 0 Å². The molecule has 1 saturated heterocycles. The standard InChI is InChI=1S/C14H14N2O4/c1-2-20-13(18)9-16-12(17)8-11(14(16)19)7-10-3-5-15-6-4-10/h3-7H,2,8-9H2,1H3/b11-7+. The third kappa shape index (κ3) is 3.09. The molecule has 0 bridgehead atoms. The molecule has 1 aliphatic heterocycles. The summed E-state index contributed by atoms with van der Waals surface area (Å²) in [6.45, 7) is 1.55. The Hall–Kier alpha value is -2.50. The molecule has 0 radical (unpaired) electrons. The van der Waals surface area contributed by atoms with E-state index in [1.54, 1.807) is 37.5 Å². The molecule has 0 atom stereocenters. The minimum Gasteiger partial charge on any atom is -0.465 e. The number of hydrogen-bond donors (Lipinski definition) is 0. The first kappa shape index (κ1) is 13.9. The summed E-state index contributed by atoms with van der Waals surface area (Å²) in [5, 5.41) is 0. The minimum absolute atomic E-state index is 0.000557. The Kier molecular flexibility index (Phi) is 4.24. The Balaban J connectivity index is 2.13. The van der Waals surface area contributed by atoms with E-state index in [0.717, 1.165) is 10.5 Å². The summed E-state index contributed by atoms with van der Waals surface area (Å²) in [5.41, 5.74) is 1.15. The molecule has 20 heavy (non-hydrogen) atoms. The lowest BCUT2D eigenvalue weighted by atomic mass is 10.1. The van der Waals surface area contributed by atoms with Gasteiger partial charge in [0.2, 0.25) is 5.91 Å². The highest BCUT2D eigenvalue weighted by molar-refractivity contribution is 6.16.